The van der Waals surface area contributed by atoms with Gasteiger partial charge in [-0.1, -0.05) is 26.7 Å². The molecule has 0 atom stereocenters. The Hall–Kier alpha value is -1.09. The van der Waals surface area contributed by atoms with E-state index in [9.17, 15) is 0 Å². The van der Waals surface area contributed by atoms with Gasteiger partial charge in [-0.15, -0.1) is 0 Å². The fourth-order valence-corrected chi connectivity index (χ4v) is 2.96. The van der Waals surface area contributed by atoms with Crippen molar-refractivity contribution in [3.63, 3.8) is 0 Å². The molecule has 1 aliphatic carbocycles. The topological polar surface area (TPSA) is 42.2 Å². The van der Waals surface area contributed by atoms with Crippen molar-refractivity contribution < 1.29 is 0 Å². The molecule has 0 unspecified atom stereocenters. The van der Waals surface area contributed by atoms with E-state index in [4.69, 9.17) is 5.73 Å². The van der Waals surface area contributed by atoms with Gasteiger partial charge in [-0.25, -0.2) is 0 Å². The Kier molecular flexibility index (Phi) is 5.20. The molecule has 19 heavy (non-hydrogen) atoms. The third-order valence-corrected chi connectivity index (χ3v) is 4.13. The minimum absolute atomic E-state index is 0.600. The van der Waals surface area contributed by atoms with Crippen molar-refractivity contribution in [3.8, 4) is 0 Å². The van der Waals surface area contributed by atoms with Crippen molar-refractivity contribution in [2.24, 2.45) is 11.7 Å². The number of pyridine rings is 1. The molecule has 1 saturated carbocycles. The molecule has 0 radical (unpaired) electrons. The smallest absolute Gasteiger partial charge is 0.0600 e. The minimum atomic E-state index is 0.600. The molecule has 0 aliphatic heterocycles. The zero-order valence-corrected chi connectivity index (χ0v) is 12.3. The molecule has 1 aromatic rings. The van der Waals surface area contributed by atoms with Gasteiger partial charge in [-0.3, -0.25) is 4.98 Å². The van der Waals surface area contributed by atoms with Crippen molar-refractivity contribution in [1.29, 1.82) is 0 Å². The zero-order valence-electron chi connectivity index (χ0n) is 12.3. The maximum atomic E-state index is 5.89. The molecule has 106 valence electrons. The first-order valence-electron chi connectivity index (χ1n) is 7.62. The lowest BCUT2D eigenvalue weighted by atomic mass is 10.1. The van der Waals surface area contributed by atoms with E-state index in [1.165, 1.54) is 43.4 Å². The van der Waals surface area contributed by atoms with Gasteiger partial charge in [-0.05, 0) is 36.8 Å². The van der Waals surface area contributed by atoms with Gasteiger partial charge in [0.25, 0.3) is 0 Å². The molecular weight excluding hydrogens is 234 g/mol. The normalized spacial score (nSPS) is 16.2. The van der Waals surface area contributed by atoms with Gasteiger partial charge >= 0.3 is 0 Å². The molecule has 1 aliphatic rings. The number of hydrogen-bond donors (Lipinski definition) is 1. The Labute approximate surface area is 117 Å². The Bertz CT molecular complexity index is 383. The molecule has 3 heteroatoms. The first-order valence-corrected chi connectivity index (χ1v) is 7.62. The van der Waals surface area contributed by atoms with Crippen LogP contribution < -0.4 is 10.6 Å². The minimum Gasteiger partial charge on any atom is -0.367 e. The summed E-state index contributed by atoms with van der Waals surface area (Å²) in [5, 5.41) is 0. The molecule has 1 heterocycles. The second kappa shape index (κ2) is 6.90. The molecule has 1 fully saturated rings. The third kappa shape index (κ3) is 3.69. The van der Waals surface area contributed by atoms with Crippen molar-refractivity contribution in [2.75, 3.05) is 11.4 Å². The SMILES string of the molecule is CC(C)CCN(c1cnccc1CN)C1CCCC1. The Morgan fingerprint density at radius 3 is 2.74 bits per heavy atom. The average Bonchev–Trinajstić information content (AvgIpc) is 2.93. The summed E-state index contributed by atoms with van der Waals surface area (Å²) in [4.78, 5) is 6.89. The van der Waals surface area contributed by atoms with Gasteiger partial charge in [-0.2, -0.15) is 0 Å². The maximum Gasteiger partial charge on any atom is 0.0600 e. The van der Waals surface area contributed by atoms with Crippen LogP contribution in [0.4, 0.5) is 5.69 Å². The lowest BCUT2D eigenvalue weighted by molar-refractivity contribution is 0.527. The number of anilines is 1. The summed E-state index contributed by atoms with van der Waals surface area (Å²) in [7, 11) is 0. The lowest BCUT2D eigenvalue weighted by Crippen LogP contribution is -2.35. The maximum absolute atomic E-state index is 5.89. The summed E-state index contributed by atoms with van der Waals surface area (Å²) in [6.45, 7) is 6.31. The Balaban J connectivity index is 2.19. The fraction of sp³-hybridized carbons (Fsp3) is 0.688. The second-order valence-electron chi connectivity index (χ2n) is 6.02. The van der Waals surface area contributed by atoms with Crippen LogP contribution in [0, 0.1) is 5.92 Å². The predicted octanol–water partition coefficient (Wildman–Crippen LogP) is 3.34. The third-order valence-electron chi connectivity index (χ3n) is 4.13. The number of aromatic nitrogens is 1. The largest absolute Gasteiger partial charge is 0.367 e. The van der Waals surface area contributed by atoms with E-state index in [2.05, 4.69) is 29.8 Å². The highest BCUT2D eigenvalue weighted by molar-refractivity contribution is 5.52. The van der Waals surface area contributed by atoms with E-state index >= 15 is 0 Å². The van der Waals surface area contributed by atoms with Gasteiger partial charge < -0.3 is 10.6 Å². The number of nitrogens with two attached hydrogens (primary N) is 1. The summed E-state index contributed by atoms with van der Waals surface area (Å²) in [6, 6.07) is 2.75. The molecule has 2 rings (SSSR count). The molecule has 0 saturated heterocycles. The van der Waals surface area contributed by atoms with Crippen LogP contribution in [0.1, 0.15) is 51.5 Å². The van der Waals surface area contributed by atoms with Crippen LogP contribution in [0.5, 0.6) is 0 Å². The highest BCUT2D eigenvalue weighted by Gasteiger charge is 2.24. The monoisotopic (exact) mass is 261 g/mol. The predicted molar refractivity (Wildman–Crippen MR) is 81.2 cm³/mol. The van der Waals surface area contributed by atoms with E-state index in [-0.39, 0.29) is 0 Å². The number of nitrogens with zero attached hydrogens (tertiary/aromatic N) is 2. The van der Waals surface area contributed by atoms with Crippen molar-refractivity contribution in [3.05, 3.63) is 24.0 Å². The molecular formula is C16H27N3. The van der Waals surface area contributed by atoms with Gasteiger partial charge in [0.2, 0.25) is 0 Å². The Morgan fingerprint density at radius 2 is 2.11 bits per heavy atom. The van der Waals surface area contributed by atoms with Crippen LogP contribution in [-0.2, 0) is 6.54 Å². The fourth-order valence-electron chi connectivity index (χ4n) is 2.96. The van der Waals surface area contributed by atoms with Crippen LogP contribution in [0.3, 0.4) is 0 Å². The molecule has 0 spiro atoms. The average molecular weight is 261 g/mol. The van der Waals surface area contributed by atoms with Crippen LogP contribution in [0.25, 0.3) is 0 Å². The van der Waals surface area contributed by atoms with Crippen molar-refractivity contribution in [2.45, 2.75) is 58.5 Å². The highest BCUT2D eigenvalue weighted by Crippen LogP contribution is 2.30. The van der Waals surface area contributed by atoms with E-state index < -0.39 is 0 Å². The number of rotatable bonds is 6. The first kappa shape index (κ1) is 14.3. The molecule has 0 amide bonds. The van der Waals surface area contributed by atoms with Gasteiger partial charge in [0, 0.05) is 25.3 Å². The van der Waals surface area contributed by atoms with Crippen molar-refractivity contribution in [1.82, 2.24) is 4.98 Å². The quantitative estimate of drug-likeness (QED) is 0.854. The summed E-state index contributed by atoms with van der Waals surface area (Å²) in [5.41, 5.74) is 8.38. The van der Waals surface area contributed by atoms with Crippen LogP contribution >= 0.6 is 0 Å². The summed E-state index contributed by atoms with van der Waals surface area (Å²) in [5.74, 6) is 0.738. The zero-order chi connectivity index (χ0) is 13.7. The molecule has 0 aromatic carbocycles. The van der Waals surface area contributed by atoms with Gasteiger partial charge in [0.1, 0.15) is 0 Å². The van der Waals surface area contributed by atoms with E-state index in [0.717, 1.165) is 12.5 Å². The van der Waals surface area contributed by atoms with Crippen LogP contribution in [0.2, 0.25) is 0 Å². The van der Waals surface area contributed by atoms with Gasteiger partial charge in [0.05, 0.1) is 11.9 Å². The lowest BCUT2D eigenvalue weighted by Gasteiger charge is -2.33. The van der Waals surface area contributed by atoms with E-state index in [0.29, 0.717) is 12.6 Å². The van der Waals surface area contributed by atoms with Crippen LogP contribution in [0.15, 0.2) is 18.5 Å². The Morgan fingerprint density at radius 1 is 1.37 bits per heavy atom. The highest BCUT2D eigenvalue weighted by atomic mass is 15.2. The molecule has 2 N–H and O–H groups in total. The van der Waals surface area contributed by atoms with Crippen molar-refractivity contribution >= 4 is 5.69 Å². The van der Waals surface area contributed by atoms with Gasteiger partial charge in [0.15, 0.2) is 0 Å². The number of hydrogen-bond acceptors (Lipinski definition) is 3. The van der Waals surface area contributed by atoms with Crippen LogP contribution in [-0.4, -0.2) is 17.6 Å². The molecule has 1 aromatic heterocycles. The molecule has 3 nitrogen and oxygen atoms in total. The molecule has 0 bridgehead atoms. The summed E-state index contributed by atoms with van der Waals surface area (Å²) < 4.78 is 0. The van der Waals surface area contributed by atoms with E-state index in [1.807, 2.05) is 12.4 Å². The standard InChI is InChI=1S/C16H27N3/c1-13(2)8-10-19(15-5-3-4-6-15)16-12-18-9-7-14(16)11-17/h7,9,12-13,15H,3-6,8,10-11,17H2,1-2H3. The summed E-state index contributed by atoms with van der Waals surface area (Å²) >= 11 is 0. The summed E-state index contributed by atoms with van der Waals surface area (Å²) in [6.07, 6.45) is 10.4. The van der Waals surface area contributed by atoms with E-state index in [1.54, 1.807) is 0 Å². The second-order valence-corrected chi connectivity index (χ2v) is 6.02. The first-order chi connectivity index (χ1) is 9.22.